The molecule has 21 heavy (non-hydrogen) atoms. The molecule has 0 amide bonds. The van der Waals surface area contributed by atoms with Crippen molar-refractivity contribution in [3.63, 3.8) is 0 Å². The van der Waals surface area contributed by atoms with Crippen LogP contribution in [0, 0.1) is 11.8 Å². The molecule has 3 aromatic rings. The van der Waals surface area contributed by atoms with Crippen molar-refractivity contribution in [1.29, 1.82) is 0 Å². The van der Waals surface area contributed by atoms with Crippen LogP contribution < -0.4 is 11.3 Å². The van der Waals surface area contributed by atoms with Crippen LogP contribution in [0.3, 0.4) is 0 Å². The van der Waals surface area contributed by atoms with Gasteiger partial charge in [-0.25, -0.2) is 4.52 Å². The highest BCUT2D eigenvalue weighted by atomic mass is 16.1. The predicted molar refractivity (Wildman–Crippen MR) is 80.9 cm³/mol. The van der Waals surface area contributed by atoms with Gasteiger partial charge in [0.2, 0.25) is 0 Å². The first-order valence-corrected chi connectivity index (χ1v) is 6.58. The minimum atomic E-state index is -0.0537. The van der Waals surface area contributed by atoms with Crippen LogP contribution in [-0.2, 0) is 6.54 Å². The van der Waals surface area contributed by atoms with Crippen LogP contribution in [0.5, 0.6) is 0 Å². The van der Waals surface area contributed by atoms with Gasteiger partial charge in [-0.1, -0.05) is 24.0 Å². The molecular formula is C16H14N4O. The summed E-state index contributed by atoms with van der Waals surface area (Å²) in [6, 6.07) is 9.51. The van der Waals surface area contributed by atoms with Crippen LogP contribution in [0.25, 0.3) is 5.52 Å². The first kappa shape index (κ1) is 13.2. The van der Waals surface area contributed by atoms with E-state index >= 15 is 0 Å². The van der Waals surface area contributed by atoms with Crippen molar-refractivity contribution in [2.45, 2.75) is 6.54 Å². The number of aromatic nitrogens is 3. The maximum absolute atomic E-state index is 12.3. The first-order chi connectivity index (χ1) is 10.3. The third-order valence-corrected chi connectivity index (χ3v) is 3.18. The molecule has 2 heterocycles. The Kier molecular flexibility index (Phi) is 3.54. The van der Waals surface area contributed by atoms with Gasteiger partial charge >= 0.3 is 0 Å². The topological polar surface area (TPSA) is 65.3 Å². The predicted octanol–water partition coefficient (Wildman–Crippen LogP) is 0.854. The summed E-state index contributed by atoms with van der Waals surface area (Å²) in [5.74, 6) is 5.79. The molecule has 5 nitrogen and oxygen atoms in total. The van der Waals surface area contributed by atoms with Crippen molar-refractivity contribution < 1.29 is 0 Å². The van der Waals surface area contributed by atoms with Crippen molar-refractivity contribution in [2.24, 2.45) is 5.73 Å². The van der Waals surface area contributed by atoms with E-state index in [1.165, 1.54) is 0 Å². The van der Waals surface area contributed by atoms with E-state index in [1.807, 2.05) is 24.3 Å². The molecule has 0 spiro atoms. The lowest BCUT2D eigenvalue weighted by molar-refractivity contribution is 0.743. The molecule has 1 aromatic carbocycles. The third-order valence-electron chi connectivity index (χ3n) is 3.18. The summed E-state index contributed by atoms with van der Waals surface area (Å²) in [6.45, 7) is 0.869. The highest BCUT2D eigenvalue weighted by Gasteiger charge is 2.03. The van der Waals surface area contributed by atoms with Gasteiger partial charge in [-0.15, -0.1) is 0 Å². The van der Waals surface area contributed by atoms with Crippen molar-refractivity contribution in [3.8, 4) is 11.8 Å². The van der Waals surface area contributed by atoms with E-state index in [1.54, 1.807) is 33.7 Å². The molecular weight excluding hydrogens is 264 g/mol. The second kappa shape index (κ2) is 5.65. The fraction of sp³-hybridized carbons (Fsp3) is 0.125. The van der Waals surface area contributed by atoms with E-state index in [0.717, 1.165) is 11.1 Å². The molecule has 0 saturated carbocycles. The number of benzene rings is 1. The lowest BCUT2D eigenvalue weighted by atomic mass is 10.1. The number of hydrogen-bond acceptors (Lipinski definition) is 3. The lowest BCUT2D eigenvalue weighted by Crippen LogP contribution is -2.21. The minimum absolute atomic E-state index is 0.0537. The SMILES string of the molecule is NCC#Cc1ccc(Cn2ccn3nccc3c2=O)cc1. The largest absolute Gasteiger partial charge is 0.320 e. The fourth-order valence-corrected chi connectivity index (χ4v) is 2.13. The molecule has 0 fully saturated rings. The Morgan fingerprint density at radius 2 is 1.95 bits per heavy atom. The standard InChI is InChI=1S/C16H14N4O/c17-8-1-2-13-3-5-14(6-4-13)12-19-10-11-20-15(16(19)21)7-9-18-20/h3-7,9-11H,8,12,17H2. The van der Waals surface area contributed by atoms with Gasteiger partial charge in [0, 0.05) is 18.0 Å². The molecule has 0 aliphatic heterocycles. The molecule has 0 unspecified atom stereocenters. The van der Waals surface area contributed by atoms with Crippen LogP contribution in [-0.4, -0.2) is 20.7 Å². The van der Waals surface area contributed by atoms with Crippen LogP contribution in [0.4, 0.5) is 0 Å². The molecule has 0 saturated heterocycles. The molecule has 2 aromatic heterocycles. The summed E-state index contributed by atoms with van der Waals surface area (Å²) >= 11 is 0. The second-order valence-electron chi connectivity index (χ2n) is 4.60. The average Bonchev–Trinajstić information content (AvgIpc) is 2.99. The summed E-state index contributed by atoms with van der Waals surface area (Å²) in [7, 11) is 0. The van der Waals surface area contributed by atoms with Gasteiger partial charge in [0.1, 0.15) is 5.52 Å². The van der Waals surface area contributed by atoms with E-state index < -0.39 is 0 Å². The van der Waals surface area contributed by atoms with Gasteiger partial charge in [-0.2, -0.15) is 5.10 Å². The number of fused-ring (bicyclic) bond motifs is 1. The van der Waals surface area contributed by atoms with Crippen LogP contribution >= 0.6 is 0 Å². The summed E-state index contributed by atoms with van der Waals surface area (Å²) in [6.07, 6.45) is 5.13. The fourth-order valence-electron chi connectivity index (χ4n) is 2.13. The summed E-state index contributed by atoms with van der Waals surface area (Å²) in [4.78, 5) is 12.3. The molecule has 0 atom stereocenters. The van der Waals surface area contributed by atoms with E-state index in [2.05, 4.69) is 16.9 Å². The van der Waals surface area contributed by atoms with Crippen molar-refractivity contribution >= 4 is 5.52 Å². The Morgan fingerprint density at radius 3 is 2.71 bits per heavy atom. The zero-order valence-corrected chi connectivity index (χ0v) is 11.4. The smallest absolute Gasteiger partial charge is 0.276 e. The third kappa shape index (κ3) is 2.71. The van der Waals surface area contributed by atoms with Gasteiger partial charge in [0.05, 0.1) is 19.3 Å². The molecule has 3 rings (SSSR count). The molecule has 0 aliphatic rings. The van der Waals surface area contributed by atoms with Crippen LogP contribution in [0.1, 0.15) is 11.1 Å². The van der Waals surface area contributed by atoms with Crippen LogP contribution in [0.15, 0.2) is 53.7 Å². The first-order valence-electron chi connectivity index (χ1n) is 6.58. The van der Waals surface area contributed by atoms with E-state index in [4.69, 9.17) is 5.73 Å². The quantitative estimate of drug-likeness (QED) is 0.707. The van der Waals surface area contributed by atoms with E-state index in [9.17, 15) is 4.79 Å². The highest BCUT2D eigenvalue weighted by molar-refractivity contribution is 5.42. The van der Waals surface area contributed by atoms with Gasteiger partial charge < -0.3 is 10.3 Å². The normalized spacial score (nSPS) is 10.3. The Hall–Kier alpha value is -2.84. The summed E-state index contributed by atoms with van der Waals surface area (Å²) in [5, 5.41) is 4.05. The zero-order chi connectivity index (χ0) is 14.7. The Morgan fingerprint density at radius 1 is 1.14 bits per heavy atom. The molecule has 0 radical (unpaired) electrons. The van der Waals surface area contributed by atoms with E-state index in [-0.39, 0.29) is 5.56 Å². The Balaban J connectivity index is 1.88. The maximum atomic E-state index is 12.3. The minimum Gasteiger partial charge on any atom is -0.320 e. The second-order valence-corrected chi connectivity index (χ2v) is 4.60. The summed E-state index contributed by atoms with van der Waals surface area (Å²) < 4.78 is 3.24. The molecule has 2 N–H and O–H groups in total. The van der Waals surface area contributed by atoms with Gasteiger partial charge in [0.25, 0.3) is 5.56 Å². The molecule has 0 aliphatic carbocycles. The maximum Gasteiger partial charge on any atom is 0.276 e. The van der Waals surface area contributed by atoms with E-state index in [0.29, 0.717) is 18.6 Å². The van der Waals surface area contributed by atoms with Gasteiger partial charge in [-0.3, -0.25) is 4.79 Å². The number of hydrogen-bond donors (Lipinski definition) is 1. The van der Waals surface area contributed by atoms with Gasteiger partial charge in [-0.05, 0) is 23.8 Å². The van der Waals surface area contributed by atoms with Crippen LogP contribution in [0.2, 0.25) is 0 Å². The molecule has 0 bridgehead atoms. The molecule has 5 heteroatoms. The highest BCUT2D eigenvalue weighted by Crippen LogP contribution is 2.05. The van der Waals surface area contributed by atoms with Gasteiger partial charge in [0.15, 0.2) is 0 Å². The Bertz CT molecular complexity index is 878. The number of nitrogens with two attached hydrogens (primary N) is 1. The number of nitrogens with zero attached hydrogens (tertiary/aromatic N) is 3. The van der Waals surface area contributed by atoms with Crippen molar-refractivity contribution in [3.05, 3.63) is 70.4 Å². The average molecular weight is 278 g/mol. The molecule has 104 valence electrons. The zero-order valence-electron chi connectivity index (χ0n) is 11.4. The Labute approximate surface area is 121 Å². The lowest BCUT2D eigenvalue weighted by Gasteiger charge is -2.06. The monoisotopic (exact) mass is 278 g/mol. The van der Waals surface area contributed by atoms with Crippen molar-refractivity contribution in [2.75, 3.05) is 6.54 Å². The van der Waals surface area contributed by atoms with Crippen molar-refractivity contribution in [1.82, 2.24) is 14.2 Å². The number of rotatable bonds is 2. The summed E-state index contributed by atoms with van der Waals surface area (Å²) in [5.41, 5.74) is 7.82.